The maximum Gasteiger partial charge on any atom is 0.231 e. The smallest absolute Gasteiger partial charge is 0.231 e. The fourth-order valence-electron chi connectivity index (χ4n) is 3.59. The molecule has 0 spiro atoms. The number of rotatable bonds is 6. The first kappa shape index (κ1) is 27.4. The summed E-state index contributed by atoms with van der Waals surface area (Å²) >= 11 is 0. The molecule has 1 aliphatic heterocycles. The molecule has 0 fully saturated rings. The van der Waals surface area contributed by atoms with E-state index in [4.69, 9.17) is 15.2 Å². The molecule has 0 saturated carbocycles. The number of nitrogens with zero attached hydrogens (tertiary/aromatic N) is 3. The molecule has 34 heavy (non-hydrogen) atoms. The number of nitrogens with two attached hydrogens (primary N) is 1. The van der Waals surface area contributed by atoms with Crippen molar-refractivity contribution in [1.82, 2.24) is 19.9 Å². The van der Waals surface area contributed by atoms with Gasteiger partial charge in [-0.05, 0) is 48.6 Å². The van der Waals surface area contributed by atoms with Crippen LogP contribution in [0.25, 0.3) is 11.0 Å². The van der Waals surface area contributed by atoms with Gasteiger partial charge >= 0.3 is 0 Å². The summed E-state index contributed by atoms with van der Waals surface area (Å²) < 4.78 is 12.7. The highest BCUT2D eigenvalue weighted by atomic mass is 16.7. The van der Waals surface area contributed by atoms with Crippen LogP contribution < -0.4 is 25.8 Å². The third kappa shape index (κ3) is 7.08. The average Bonchev–Trinajstić information content (AvgIpc) is 3.40. The number of imidazole rings is 1. The Hall–Kier alpha value is -2.84. The molecular weight excluding hydrogens is 428 g/mol. The number of hydrogen-bond donors (Lipinski definition) is 3. The van der Waals surface area contributed by atoms with Crippen molar-refractivity contribution in [2.45, 2.75) is 61.6 Å². The lowest BCUT2D eigenvalue weighted by Crippen LogP contribution is -2.29. The third-order valence-corrected chi connectivity index (χ3v) is 5.31. The average molecular weight is 471 g/mol. The van der Waals surface area contributed by atoms with Gasteiger partial charge in [0.1, 0.15) is 11.3 Å². The van der Waals surface area contributed by atoms with Crippen LogP contribution in [0.4, 0.5) is 5.82 Å². The van der Waals surface area contributed by atoms with Gasteiger partial charge in [-0.3, -0.25) is 0 Å². The van der Waals surface area contributed by atoms with E-state index in [0.717, 1.165) is 64.9 Å². The lowest BCUT2D eigenvalue weighted by Gasteiger charge is -2.19. The van der Waals surface area contributed by atoms with E-state index in [1.807, 2.05) is 59.1 Å². The second-order valence-electron chi connectivity index (χ2n) is 9.16. The Balaban J connectivity index is 0.000000248. The van der Waals surface area contributed by atoms with Crippen LogP contribution in [0.2, 0.25) is 0 Å². The van der Waals surface area contributed by atoms with E-state index in [2.05, 4.69) is 45.9 Å². The van der Waals surface area contributed by atoms with Gasteiger partial charge in [-0.25, -0.2) is 9.97 Å². The van der Waals surface area contributed by atoms with Crippen LogP contribution in [0.3, 0.4) is 0 Å². The zero-order valence-corrected chi connectivity index (χ0v) is 22.1. The minimum absolute atomic E-state index is 0.315. The number of aromatic nitrogens is 3. The van der Waals surface area contributed by atoms with E-state index in [1.165, 1.54) is 0 Å². The maximum absolute atomic E-state index is 5.55. The molecule has 0 bridgehead atoms. The molecule has 4 N–H and O–H groups in total. The summed E-state index contributed by atoms with van der Waals surface area (Å²) in [5.41, 5.74) is 10.2. The lowest BCUT2D eigenvalue weighted by atomic mass is 9.97. The number of aryl methyl sites for hydroxylation is 2. The number of ether oxygens (including phenoxy) is 2. The number of pyridine rings is 1. The first-order chi connectivity index (χ1) is 16.2. The van der Waals surface area contributed by atoms with Gasteiger partial charge in [0.05, 0.1) is 5.52 Å². The van der Waals surface area contributed by atoms with Crippen molar-refractivity contribution in [3.8, 4) is 11.5 Å². The molecule has 0 amide bonds. The topological polar surface area (TPSA) is 99.3 Å². The van der Waals surface area contributed by atoms with Crippen molar-refractivity contribution < 1.29 is 9.47 Å². The summed E-state index contributed by atoms with van der Waals surface area (Å²) in [5, 5.41) is 6.60. The summed E-state index contributed by atoms with van der Waals surface area (Å²) in [5.74, 6) is 3.50. The number of fused-ring (bicyclic) bond motifs is 2. The quantitative estimate of drug-likeness (QED) is 0.452. The second-order valence-corrected chi connectivity index (χ2v) is 9.16. The summed E-state index contributed by atoms with van der Waals surface area (Å²) in [6.45, 7) is 18.5. The highest BCUT2D eigenvalue weighted by Gasteiger charge is 2.15. The van der Waals surface area contributed by atoms with E-state index in [-0.39, 0.29) is 0 Å². The lowest BCUT2D eigenvalue weighted by molar-refractivity contribution is 0.174. The highest BCUT2D eigenvalue weighted by molar-refractivity contribution is 5.86. The van der Waals surface area contributed by atoms with Crippen molar-refractivity contribution >= 4 is 16.9 Å². The molecule has 1 aliphatic rings. The molecule has 0 saturated heterocycles. The Morgan fingerprint density at radius 3 is 2.41 bits per heavy atom. The van der Waals surface area contributed by atoms with Crippen LogP contribution in [0.5, 0.6) is 11.5 Å². The molecule has 3 aromatic rings. The molecule has 8 heteroatoms. The van der Waals surface area contributed by atoms with Gasteiger partial charge in [0.2, 0.25) is 6.79 Å². The van der Waals surface area contributed by atoms with E-state index in [1.54, 1.807) is 0 Å². The summed E-state index contributed by atoms with van der Waals surface area (Å²) in [4.78, 5) is 8.93. The minimum Gasteiger partial charge on any atom is -0.454 e. The maximum atomic E-state index is 5.55. The SMILES string of the molecule is CC.CNc1nccc2c1nc(C)n2CCNCC(C)(C)C.Cc1cc2c(cc1CN)OCO2. The van der Waals surface area contributed by atoms with Gasteiger partial charge in [0.15, 0.2) is 17.3 Å². The molecule has 0 unspecified atom stereocenters. The second kappa shape index (κ2) is 12.6. The molecule has 1 aromatic carbocycles. The number of anilines is 1. The Morgan fingerprint density at radius 1 is 1.12 bits per heavy atom. The summed E-state index contributed by atoms with van der Waals surface area (Å²) in [7, 11) is 1.88. The van der Waals surface area contributed by atoms with Crippen LogP contribution in [0.1, 0.15) is 51.6 Å². The van der Waals surface area contributed by atoms with Gasteiger partial charge < -0.3 is 30.4 Å². The molecule has 2 aromatic heterocycles. The van der Waals surface area contributed by atoms with Crippen LogP contribution in [0, 0.1) is 19.3 Å². The molecular formula is C26H42N6O2. The third-order valence-electron chi connectivity index (χ3n) is 5.31. The van der Waals surface area contributed by atoms with E-state index < -0.39 is 0 Å². The van der Waals surface area contributed by atoms with Crippen molar-refractivity contribution in [2.75, 3.05) is 32.2 Å². The summed E-state index contributed by atoms with van der Waals surface area (Å²) in [6, 6.07) is 5.93. The molecule has 0 aliphatic carbocycles. The van der Waals surface area contributed by atoms with E-state index in [0.29, 0.717) is 18.8 Å². The number of benzene rings is 1. The minimum atomic E-state index is 0.315. The Bertz CT molecular complexity index is 1050. The fourth-order valence-corrected chi connectivity index (χ4v) is 3.59. The zero-order valence-electron chi connectivity index (χ0n) is 22.1. The van der Waals surface area contributed by atoms with Crippen molar-refractivity contribution in [3.05, 3.63) is 41.3 Å². The molecule has 8 nitrogen and oxygen atoms in total. The Kier molecular flexibility index (Phi) is 10.1. The largest absolute Gasteiger partial charge is 0.454 e. The molecule has 0 atom stereocenters. The van der Waals surface area contributed by atoms with Crippen LogP contribution in [-0.4, -0.2) is 41.5 Å². The molecule has 188 valence electrons. The van der Waals surface area contributed by atoms with Crippen LogP contribution >= 0.6 is 0 Å². The first-order valence-electron chi connectivity index (χ1n) is 12.0. The monoisotopic (exact) mass is 470 g/mol. The van der Waals surface area contributed by atoms with Crippen molar-refractivity contribution in [1.29, 1.82) is 0 Å². The van der Waals surface area contributed by atoms with Crippen LogP contribution in [0.15, 0.2) is 24.4 Å². The predicted octanol–water partition coefficient (Wildman–Crippen LogP) is 4.63. The molecule has 4 rings (SSSR count). The Morgan fingerprint density at radius 2 is 1.79 bits per heavy atom. The molecule has 3 heterocycles. The van der Waals surface area contributed by atoms with E-state index in [9.17, 15) is 0 Å². The van der Waals surface area contributed by atoms with Gasteiger partial charge in [-0.1, -0.05) is 34.6 Å². The number of nitrogens with one attached hydrogen (secondary N) is 2. The zero-order chi connectivity index (χ0) is 25.3. The predicted molar refractivity (Wildman–Crippen MR) is 141 cm³/mol. The molecule has 0 radical (unpaired) electrons. The van der Waals surface area contributed by atoms with Gasteiger partial charge in [-0.15, -0.1) is 0 Å². The number of hydrogen-bond acceptors (Lipinski definition) is 7. The standard InChI is InChI=1S/C15H25N5.C9H11NO2.C2H6/c1-11-19-13-12(6-7-18-14(13)16-5)20(11)9-8-17-10-15(2,3)4;1-6-2-8-9(12-5-11-8)3-7(6)4-10;1-2/h6-7,17H,8-10H2,1-5H3,(H,16,18);2-3H,4-5,10H2,1H3;1-2H3. The van der Waals surface area contributed by atoms with Crippen molar-refractivity contribution in [2.24, 2.45) is 11.1 Å². The van der Waals surface area contributed by atoms with E-state index >= 15 is 0 Å². The van der Waals surface area contributed by atoms with Gasteiger partial charge in [0, 0.05) is 39.4 Å². The highest BCUT2D eigenvalue weighted by Crippen LogP contribution is 2.34. The Labute approximate surface area is 204 Å². The first-order valence-corrected chi connectivity index (χ1v) is 12.0. The fraction of sp³-hybridized carbons (Fsp3) is 0.538. The van der Waals surface area contributed by atoms with Crippen LogP contribution in [-0.2, 0) is 13.1 Å². The van der Waals surface area contributed by atoms with Gasteiger partial charge in [-0.2, -0.15) is 0 Å². The summed E-state index contributed by atoms with van der Waals surface area (Å²) in [6.07, 6.45) is 1.83. The van der Waals surface area contributed by atoms with Gasteiger partial charge in [0.25, 0.3) is 0 Å². The normalized spacial score (nSPS) is 12.0. The van der Waals surface area contributed by atoms with Crippen molar-refractivity contribution in [3.63, 3.8) is 0 Å².